The van der Waals surface area contributed by atoms with Crippen LogP contribution in [0.4, 0.5) is 4.39 Å². The Labute approximate surface area is 120 Å². The van der Waals surface area contributed by atoms with Crippen molar-refractivity contribution >= 4 is 9.84 Å². The summed E-state index contributed by atoms with van der Waals surface area (Å²) in [5.41, 5.74) is 0. The Kier molecular flexibility index (Phi) is 4.81. The van der Waals surface area contributed by atoms with E-state index in [1.807, 2.05) is 0 Å². The monoisotopic (exact) mass is 299 g/mol. The van der Waals surface area contributed by atoms with Gasteiger partial charge in [-0.3, -0.25) is 0 Å². The summed E-state index contributed by atoms with van der Waals surface area (Å²) in [5.74, 6) is -0.243. The van der Waals surface area contributed by atoms with Crippen molar-refractivity contribution in [3.63, 3.8) is 0 Å². The second kappa shape index (κ2) is 6.22. The topological polar surface area (TPSA) is 46.2 Å². The Morgan fingerprint density at radius 1 is 1.30 bits per heavy atom. The van der Waals surface area contributed by atoms with E-state index >= 15 is 0 Å². The van der Waals surface area contributed by atoms with E-state index < -0.39 is 20.9 Å². The molecule has 1 aromatic rings. The van der Waals surface area contributed by atoms with Crippen molar-refractivity contribution < 1.29 is 12.8 Å². The van der Waals surface area contributed by atoms with Gasteiger partial charge in [0, 0.05) is 6.04 Å². The van der Waals surface area contributed by atoms with E-state index in [2.05, 4.69) is 12.2 Å². The predicted molar refractivity (Wildman–Crippen MR) is 77.9 cm³/mol. The minimum Gasteiger partial charge on any atom is -0.316 e. The van der Waals surface area contributed by atoms with Crippen LogP contribution >= 0.6 is 0 Å². The Balaban J connectivity index is 2.38. The van der Waals surface area contributed by atoms with Crippen molar-refractivity contribution in [2.24, 2.45) is 5.92 Å². The maximum absolute atomic E-state index is 13.9. The van der Waals surface area contributed by atoms with Crippen LogP contribution in [0.3, 0.4) is 0 Å². The van der Waals surface area contributed by atoms with Crippen LogP contribution in [0.25, 0.3) is 0 Å². The third-order valence-electron chi connectivity index (χ3n) is 4.39. The van der Waals surface area contributed by atoms with Crippen molar-refractivity contribution in [1.29, 1.82) is 0 Å². The minimum absolute atomic E-state index is 0.0950. The van der Waals surface area contributed by atoms with Crippen LogP contribution in [0.2, 0.25) is 0 Å². The number of benzene rings is 1. The number of rotatable bonds is 4. The molecule has 0 aliphatic heterocycles. The van der Waals surface area contributed by atoms with E-state index in [9.17, 15) is 12.8 Å². The highest BCUT2D eigenvalue weighted by atomic mass is 32.2. The van der Waals surface area contributed by atoms with Gasteiger partial charge in [0.1, 0.15) is 10.7 Å². The number of sulfone groups is 1. The molecule has 5 heteroatoms. The lowest BCUT2D eigenvalue weighted by Gasteiger charge is -2.35. The van der Waals surface area contributed by atoms with Gasteiger partial charge < -0.3 is 5.32 Å². The highest BCUT2D eigenvalue weighted by Gasteiger charge is 2.39. The highest BCUT2D eigenvalue weighted by Crippen LogP contribution is 2.34. The molecular weight excluding hydrogens is 277 g/mol. The molecule has 0 bridgehead atoms. The summed E-state index contributed by atoms with van der Waals surface area (Å²) in [5, 5.41) is 2.55. The van der Waals surface area contributed by atoms with Crippen LogP contribution in [0, 0.1) is 11.7 Å². The fraction of sp³-hybridized carbons (Fsp3) is 0.600. The smallest absolute Gasteiger partial charge is 0.185 e. The number of halogens is 1. The summed E-state index contributed by atoms with van der Waals surface area (Å²) in [7, 11) is -1.86. The third kappa shape index (κ3) is 2.88. The second-order valence-electron chi connectivity index (χ2n) is 5.50. The Morgan fingerprint density at radius 2 is 2.00 bits per heavy atom. The molecule has 2 rings (SSSR count). The Hall–Kier alpha value is -0.940. The van der Waals surface area contributed by atoms with Gasteiger partial charge in [-0.2, -0.15) is 0 Å². The lowest BCUT2D eigenvalue weighted by molar-refractivity contribution is 0.296. The van der Waals surface area contributed by atoms with Crippen molar-refractivity contribution in [3.05, 3.63) is 30.1 Å². The average Bonchev–Trinajstić information content (AvgIpc) is 2.46. The summed E-state index contributed by atoms with van der Waals surface area (Å²) in [6, 6.07) is 5.57. The van der Waals surface area contributed by atoms with Gasteiger partial charge in [-0.1, -0.05) is 25.5 Å². The first-order chi connectivity index (χ1) is 9.50. The van der Waals surface area contributed by atoms with Crippen LogP contribution in [0.15, 0.2) is 29.2 Å². The largest absolute Gasteiger partial charge is 0.316 e. The van der Waals surface area contributed by atoms with Gasteiger partial charge in [0.25, 0.3) is 0 Å². The summed E-state index contributed by atoms with van der Waals surface area (Å²) < 4.78 is 39.4. The van der Waals surface area contributed by atoms with Crippen molar-refractivity contribution in [2.75, 3.05) is 7.05 Å². The van der Waals surface area contributed by atoms with E-state index in [0.717, 1.165) is 19.3 Å². The van der Waals surface area contributed by atoms with Crippen LogP contribution in [0.1, 0.15) is 32.6 Å². The summed E-state index contributed by atoms with van der Waals surface area (Å²) in [6.07, 6.45) is 3.44. The van der Waals surface area contributed by atoms with Gasteiger partial charge in [-0.25, -0.2) is 12.8 Å². The third-order valence-corrected chi connectivity index (χ3v) is 6.65. The standard InChI is InChI=1S/C15H22FNO2S/c1-3-11-8-9-13(17-2)15(10-11)20(18,19)14-7-5-4-6-12(14)16/h4-7,11,13,15,17H,3,8-10H2,1-2H3. The maximum Gasteiger partial charge on any atom is 0.185 e. The fourth-order valence-electron chi connectivity index (χ4n) is 3.09. The van der Waals surface area contributed by atoms with Crippen molar-refractivity contribution in [2.45, 2.75) is 48.8 Å². The normalized spacial score (nSPS) is 27.4. The first-order valence-electron chi connectivity index (χ1n) is 7.16. The molecule has 0 spiro atoms. The molecule has 1 fully saturated rings. The molecule has 0 saturated heterocycles. The van der Waals surface area contributed by atoms with Crippen LogP contribution in [-0.2, 0) is 9.84 Å². The average molecular weight is 299 g/mol. The molecule has 0 aromatic heterocycles. The first kappa shape index (κ1) is 15.4. The van der Waals surface area contributed by atoms with Gasteiger partial charge in [0.05, 0.1) is 5.25 Å². The number of hydrogen-bond donors (Lipinski definition) is 1. The fourth-order valence-corrected chi connectivity index (χ4v) is 5.26. The van der Waals surface area contributed by atoms with Crippen LogP contribution < -0.4 is 5.32 Å². The zero-order valence-electron chi connectivity index (χ0n) is 12.0. The lowest BCUT2D eigenvalue weighted by Crippen LogP contribution is -2.46. The zero-order chi connectivity index (χ0) is 14.8. The van der Waals surface area contributed by atoms with Gasteiger partial charge in [-0.15, -0.1) is 0 Å². The van der Waals surface area contributed by atoms with E-state index in [1.54, 1.807) is 13.1 Å². The molecule has 20 heavy (non-hydrogen) atoms. The molecule has 3 nitrogen and oxygen atoms in total. The SMILES string of the molecule is CCC1CCC(NC)C(S(=O)(=O)c2ccccc2F)C1. The molecule has 1 aliphatic rings. The maximum atomic E-state index is 13.9. The van der Waals surface area contributed by atoms with Crippen LogP contribution in [-0.4, -0.2) is 26.8 Å². The van der Waals surface area contributed by atoms with Crippen molar-refractivity contribution in [3.8, 4) is 0 Å². The molecule has 112 valence electrons. The van der Waals surface area contributed by atoms with E-state index in [-0.39, 0.29) is 10.9 Å². The van der Waals surface area contributed by atoms with Crippen LogP contribution in [0.5, 0.6) is 0 Å². The van der Waals surface area contributed by atoms with E-state index in [4.69, 9.17) is 0 Å². The quantitative estimate of drug-likeness (QED) is 0.930. The Morgan fingerprint density at radius 3 is 2.60 bits per heavy atom. The molecule has 0 radical (unpaired) electrons. The predicted octanol–water partition coefficient (Wildman–Crippen LogP) is 2.77. The van der Waals surface area contributed by atoms with Gasteiger partial charge >= 0.3 is 0 Å². The summed E-state index contributed by atoms with van der Waals surface area (Å²) >= 11 is 0. The molecule has 0 heterocycles. The van der Waals surface area contributed by atoms with Gasteiger partial charge in [0.15, 0.2) is 9.84 Å². The zero-order valence-corrected chi connectivity index (χ0v) is 12.8. The molecular formula is C15H22FNO2S. The van der Waals surface area contributed by atoms with E-state index in [0.29, 0.717) is 12.3 Å². The summed E-state index contributed by atoms with van der Waals surface area (Å²) in [4.78, 5) is -0.165. The molecule has 3 atom stereocenters. The Bertz CT molecular complexity index is 559. The van der Waals surface area contributed by atoms with Crippen molar-refractivity contribution in [1.82, 2.24) is 5.32 Å². The van der Waals surface area contributed by atoms with E-state index in [1.165, 1.54) is 18.2 Å². The second-order valence-corrected chi connectivity index (χ2v) is 7.63. The van der Waals surface area contributed by atoms with Gasteiger partial charge in [0.2, 0.25) is 0 Å². The lowest BCUT2D eigenvalue weighted by atomic mass is 9.84. The molecule has 1 N–H and O–H groups in total. The molecule has 0 amide bonds. The molecule has 1 aromatic carbocycles. The number of nitrogens with one attached hydrogen (secondary N) is 1. The molecule has 1 aliphatic carbocycles. The summed E-state index contributed by atoms with van der Waals surface area (Å²) in [6.45, 7) is 2.08. The molecule has 3 unspecified atom stereocenters. The number of hydrogen-bond acceptors (Lipinski definition) is 3. The van der Waals surface area contributed by atoms with Gasteiger partial charge in [-0.05, 0) is 44.4 Å². The first-order valence-corrected chi connectivity index (χ1v) is 8.71. The highest BCUT2D eigenvalue weighted by molar-refractivity contribution is 7.92. The minimum atomic E-state index is -3.63. The molecule has 1 saturated carbocycles.